The summed E-state index contributed by atoms with van der Waals surface area (Å²) in [6, 6.07) is 21.3. The number of nitrogens with one attached hydrogen (secondary N) is 2. The van der Waals surface area contributed by atoms with Crippen LogP contribution in [0.4, 0.5) is 5.69 Å². The highest BCUT2D eigenvalue weighted by atomic mass is 32.2. The molecule has 4 rings (SSSR count). The molecule has 0 aliphatic carbocycles. The van der Waals surface area contributed by atoms with E-state index in [0.29, 0.717) is 0 Å². The maximum absolute atomic E-state index is 12.7. The molecule has 0 saturated heterocycles. The van der Waals surface area contributed by atoms with Gasteiger partial charge >= 0.3 is 0 Å². The highest BCUT2D eigenvalue weighted by molar-refractivity contribution is 8.01. The molecule has 27 heavy (non-hydrogen) atoms. The molecule has 1 aromatic heterocycles. The van der Waals surface area contributed by atoms with Crippen molar-refractivity contribution in [3.05, 3.63) is 82.6 Å². The predicted molar refractivity (Wildman–Crippen MR) is 110 cm³/mol. The minimum atomic E-state index is -0.431. The van der Waals surface area contributed by atoms with Crippen LogP contribution < -0.4 is 10.6 Å². The average Bonchev–Trinajstić information content (AvgIpc) is 3.22. The molecular formula is C21H18N2O2S2. The fourth-order valence-corrected chi connectivity index (χ4v) is 4.95. The van der Waals surface area contributed by atoms with Crippen molar-refractivity contribution in [3.8, 4) is 0 Å². The topological polar surface area (TPSA) is 58.2 Å². The van der Waals surface area contributed by atoms with Crippen molar-refractivity contribution in [2.75, 3.05) is 5.32 Å². The number of anilines is 1. The molecule has 0 bridgehead atoms. The minimum Gasteiger partial charge on any atom is -0.344 e. The van der Waals surface area contributed by atoms with Crippen LogP contribution in [0, 0.1) is 0 Å². The lowest BCUT2D eigenvalue weighted by Gasteiger charge is -2.24. The molecule has 0 saturated carbocycles. The van der Waals surface area contributed by atoms with Crippen LogP contribution in [0.5, 0.6) is 0 Å². The smallest absolute Gasteiger partial charge is 0.238 e. The van der Waals surface area contributed by atoms with E-state index in [1.165, 1.54) is 11.8 Å². The van der Waals surface area contributed by atoms with Crippen molar-refractivity contribution >= 4 is 40.6 Å². The number of carbonyl (C=O) groups excluding carboxylic acids is 2. The number of carbonyl (C=O) groups is 2. The minimum absolute atomic E-state index is 0.124. The van der Waals surface area contributed by atoms with Gasteiger partial charge in [-0.25, -0.2) is 0 Å². The Bertz CT molecular complexity index is 942. The summed E-state index contributed by atoms with van der Waals surface area (Å²) in [4.78, 5) is 27.2. The third-order valence-electron chi connectivity index (χ3n) is 4.34. The van der Waals surface area contributed by atoms with Gasteiger partial charge in [0.15, 0.2) is 0 Å². The summed E-state index contributed by atoms with van der Waals surface area (Å²) in [5.41, 5.74) is 1.84. The molecule has 136 valence electrons. The van der Waals surface area contributed by atoms with Crippen molar-refractivity contribution in [2.45, 2.75) is 22.6 Å². The number of rotatable bonds is 5. The first-order valence-electron chi connectivity index (χ1n) is 8.65. The van der Waals surface area contributed by atoms with Crippen LogP contribution in [-0.4, -0.2) is 17.1 Å². The van der Waals surface area contributed by atoms with E-state index >= 15 is 0 Å². The van der Waals surface area contributed by atoms with Crippen molar-refractivity contribution in [3.63, 3.8) is 0 Å². The number of fused-ring (bicyclic) bond motifs is 1. The molecule has 0 unspecified atom stereocenters. The zero-order valence-electron chi connectivity index (χ0n) is 14.4. The summed E-state index contributed by atoms with van der Waals surface area (Å²) >= 11 is 3.05. The van der Waals surface area contributed by atoms with Gasteiger partial charge in [0.2, 0.25) is 11.8 Å². The number of benzene rings is 2. The molecule has 1 aliphatic heterocycles. The second kappa shape index (κ2) is 7.98. The largest absolute Gasteiger partial charge is 0.344 e. The van der Waals surface area contributed by atoms with Gasteiger partial charge in [-0.1, -0.05) is 48.5 Å². The first-order chi connectivity index (χ1) is 13.2. The maximum Gasteiger partial charge on any atom is 0.238 e. The summed E-state index contributed by atoms with van der Waals surface area (Å²) in [6.07, 6.45) is 0.138. The van der Waals surface area contributed by atoms with Gasteiger partial charge in [0.05, 0.1) is 17.0 Å². The van der Waals surface area contributed by atoms with Gasteiger partial charge in [0, 0.05) is 16.2 Å². The van der Waals surface area contributed by atoms with E-state index in [-0.39, 0.29) is 24.3 Å². The van der Waals surface area contributed by atoms with E-state index in [1.54, 1.807) is 11.3 Å². The molecule has 0 radical (unpaired) electrons. The zero-order valence-corrected chi connectivity index (χ0v) is 16.1. The number of hydrogen-bond acceptors (Lipinski definition) is 4. The van der Waals surface area contributed by atoms with Gasteiger partial charge in [0.25, 0.3) is 0 Å². The van der Waals surface area contributed by atoms with Crippen LogP contribution in [-0.2, 0) is 9.59 Å². The lowest BCUT2D eigenvalue weighted by atomic mass is 10.0. The standard InChI is InChI=1S/C21H18N2O2S2/c24-19(13-18-21(25)22-15-9-4-5-10-16(15)27-18)23-20(17-11-6-12-26-17)14-7-2-1-3-8-14/h1-12,18,20H,13H2,(H,22,25)(H,23,24)/t18-,20+/m0/s1. The van der Waals surface area contributed by atoms with Crippen LogP contribution in [0.3, 0.4) is 0 Å². The Morgan fingerprint density at radius 2 is 1.81 bits per heavy atom. The van der Waals surface area contributed by atoms with Crippen LogP contribution in [0.15, 0.2) is 77.0 Å². The van der Waals surface area contributed by atoms with Gasteiger partial charge in [-0.05, 0) is 29.1 Å². The van der Waals surface area contributed by atoms with Crippen molar-refractivity contribution in [1.29, 1.82) is 0 Å². The molecule has 1 aliphatic rings. The Kier molecular flexibility index (Phi) is 5.27. The first-order valence-corrected chi connectivity index (χ1v) is 10.4. The van der Waals surface area contributed by atoms with E-state index in [1.807, 2.05) is 72.1 Å². The van der Waals surface area contributed by atoms with Crippen LogP contribution >= 0.6 is 23.1 Å². The first kappa shape index (κ1) is 17.8. The zero-order chi connectivity index (χ0) is 18.6. The van der Waals surface area contributed by atoms with Crippen LogP contribution in [0.25, 0.3) is 0 Å². The normalized spacial score (nSPS) is 16.9. The Balaban J connectivity index is 1.48. The second-order valence-electron chi connectivity index (χ2n) is 6.22. The highest BCUT2D eigenvalue weighted by Gasteiger charge is 2.29. The van der Waals surface area contributed by atoms with Gasteiger partial charge in [-0.2, -0.15) is 0 Å². The van der Waals surface area contributed by atoms with Crippen molar-refractivity contribution in [2.24, 2.45) is 0 Å². The third-order valence-corrected chi connectivity index (χ3v) is 6.56. The second-order valence-corrected chi connectivity index (χ2v) is 8.45. The fourth-order valence-electron chi connectivity index (χ4n) is 3.04. The average molecular weight is 395 g/mol. The predicted octanol–water partition coefficient (Wildman–Crippen LogP) is 4.46. The number of thiophene rings is 1. The number of para-hydroxylation sites is 1. The molecule has 2 aromatic carbocycles. The quantitative estimate of drug-likeness (QED) is 0.672. The van der Waals surface area contributed by atoms with E-state index in [2.05, 4.69) is 10.6 Å². The molecule has 2 atom stereocenters. The molecule has 0 fully saturated rings. The molecule has 2 N–H and O–H groups in total. The molecule has 4 nitrogen and oxygen atoms in total. The number of thioether (sulfide) groups is 1. The van der Waals surface area contributed by atoms with Gasteiger partial charge in [0.1, 0.15) is 0 Å². The summed E-state index contributed by atoms with van der Waals surface area (Å²) in [5.74, 6) is -0.259. The van der Waals surface area contributed by atoms with Crippen molar-refractivity contribution in [1.82, 2.24) is 5.32 Å². The Labute approximate surface area is 166 Å². The Hall–Kier alpha value is -2.57. The van der Waals surface area contributed by atoms with E-state index < -0.39 is 5.25 Å². The molecule has 2 amide bonds. The number of amides is 2. The number of hydrogen-bond donors (Lipinski definition) is 2. The van der Waals surface area contributed by atoms with Gasteiger partial charge in [-0.3, -0.25) is 9.59 Å². The van der Waals surface area contributed by atoms with E-state index in [9.17, 15) is 9.59 Å². The van der Waals surface area contributed by atoms with Crippen molar-refractivity contribution < 1.29 is 9.59 Å². The molecule has 6 heteroatoms. The monoisotopic (exact) mass is 394 g/mol. The highest BCUT2D eigenvalue weighted by Crippen LogP contribution is 2.36. The van der Waals surface area contributed by atoms with E-state index in [4.69, 9.17) is 0 Å². The van der Waals surface area contributed by atoms with E-state index in [0.717, 1.165) is 21.0 Å². The third kappa shape index (κ3) is 4.07. The molecule has 3 aromatic rings. The summed E-state index contributed by atoms with van der Waals surface area (Å²) in [6.45, 7) is 0. The maximum atomic E-state index is 12.7. The summed E-state index contributed by atoms with van der Waals surface area (Å²) in [7, 11) is 0. The van der Waals surface area contributed by atoms with Crippen LogP contribution in [0.1, 0.15) is 22.9 Å². The van der Waals surface area contributed by atoms with Gasteiger partial charge < -0.3 is 10.6 Å². The Morgan fingerprint density at radius 3 is 2.59 bits per heavy atom. The van der Waals surface area contributed by atoms with Crippen LogP contribution in [0.2, 0.25) is 0 Å². The Morgan fingerprint density at radius 1 is 1.04 bits per heavy atom. The molecule has 2 heterocycles. The summed E-state index contributed by atoms with van der Waals surface area (Å²) < 4.78 is 0. The summed E-state index contributed by atoms with van der Waals surface area (Å²) in [5, 5.41) is 7.56. The lowest BCUT2D eigenvalue weighted by molar-refractivity contribution is -0.124. The SMILES string of the molecule is O=C(C[C@@H]1Sc2ccccc2NC1=O)N[C@H](c1ccccc1)c1cccs1. The molecule has 0 spiro atoms. The fraction of sp³-hybridized carbons (Fsp3) is 0.143. The van der Waals surface area contributed by atoms with Gasteiger partial charge in [-0.15, -0.1) is 23.1 Å². The lowest BCUT2D eigenvalue weighted by Crippen LogP contribution is -2.36. The molecular weight excluding hydrogens is 376 g/mol.